The van der Waals surface area contributed by atoms with Crippen molar-refractivity contribution >= 4 is 23.6 Å². The molecule has 1 aliphatic carbocycles. The predicted molar refractivity (Wildman–Crippen MR) is 129 cm³/mol. The van der Waals surface area contributed by atoms with Crippen molar-refractivity contribution in [3.63, 3.8) is 0 Å². The van der Waals surface area contributed by atoms with Crippen LogP contribution in [-0.4, -0.2) is 99.5 Å². The second-order valence-electron chi connectivity index (χ2n) is 10.5. The maximum Gasteiger partial charge on any atom is 0.239 e. The van der Waals surface area contributed by atoms with Gasteiger partial charge in [0, 0.05) is 66.7 Å². The van der Waals surface area contributed by atoms with Gasteiger partial charge >= 0.3 is 0 Å². The normalized spacial score (nSPS) is 38.2. The number of rotatable bonds is 7. The molecule has 0 aromatic heterocycles. The van der Waals surface area contributed by atoms with E-state index in [1.807, 2.05) is 13.8 Å². The fourth-order valence-electron chi connectivity index (χ4n) is 6.16. The molecule has 4 rings (SSSR count). The summed E-state index contributed by atoms with van der Waals surface area (Å²) in [5.41, 5.74) is 6.30. The number of aliphatic hydroxyl groups is 3. The van der Waals surface area contributed by atoms with Gasteiger partial charge in [-0.05, 0) is 32.6 Å². The number of fused-ring (bicyclic) bond motifs is 1. The first-order chi connectivity index (χ1) is 16.0. The molecule has 3 heterocycles. The van der Waals surface area contributed by atoms with E-state index in [0.717, 1.165) is 17.7 Å². The number of carbonyl (C=O) groups is 2. The van der Waals surface area contributed by atoms with E-state index >= 15 is 0 Å². The van der Waals surface area contributed by atoms with E-state index < -0.39 is 12.5 Å². The Bertz CT molecular complexity index is 839. The van der Waals surface area contributed by atoms with Crippen molar-refractivity contribution < 1.29 is 24.9 Å². The zero-order chi connectivity index (χ0) is 24.9. The topological polar surface area (TPSA) is 151 Å². The monoisotopic (exact) mass is 497 g/mol. The average molecular weight is 498 g/mol. The van der Waals surface area contributed by atoms with Crippen molar-refractivity contribution in [2.24, 2.45) is 23.5 Å². The molecule has 11 heteroatoms. The minimum Gasteiger partial charge on any atom is -0.373 e. The number of thioether (sulfide) groups is 1. The minimum atomic E-state index is -1.70. The Kier molecular flexibility index (Phi) is 7.52. The van der Waals surface area contributed by atoms with Crippen molar-refractivity contribution in [1.29, 1.82) is 0 Å². The van der Waals surface area contributed by atoms with Gasteiger partial charge in [0.05, 0.1) is 11.7 Å². The molecule has 0 bridgehead atoms. The summed E-state index contributed by atoms with van der Waals surface area (Å²) in [5.74, 6) is -0.344. The molecule has 9 atom stereocenters. The third kappa shape index (κ3) is 4.58. The molecule has 4 aliphatic rings. The zero-order valence-electron chi connectivity index (χ0n) is 20.3. The SMILES string of the molecule is C[C@@H](NC(=O)[C@H]1CCC(N)C1)[C@H]1C(O)N2C(C(O)O)=C(SC3CNC(C(=O)N(C)C)C3)[C@H](C)[C@H]12. The van der Waals surface area contributed by atoms with E-state index in [1.165, 1.54) is 0 Å². The molecule has 34 heavy (non-hydrogen) atoms. The molecule has 3 aliphatic heterocycles. The first kappa shape index (κ1) is 25.7. The van der Waals surface area contributed by atoms with Crippen LogP contribution in [0.3, 0.4) is 0 Å². The second kappa shape index (κ2) is 9.94. The summed E-state index contributed by atoms with van der Waals surface area (Å²) in [4.78, 5) is 29.2. The van der Waals surface area contributed by atoms with Crippen molar-refractivity contribution in [2.45, 2.75) is 81.5 Å². The van der Waals surface area contributed by atoms with Crippen LogP contribution in [0.2, 0.25) is 0 Å². The number of likely N-dealkylation sites (N-methyl/N-ethyl adjacent to an activating group) is 1. The maximum absolute atomic E-state index is 12.7. The molecule has 0 aromatic carbocycles. The molecule has 7 N–H and O–H groups in total. The lowest BCUT2D eigenvalue weighted by atomic mass is 9.77. The van der Waals surface area contributed by atoms with Gasteiger partial charge in [-0.3, -0.25) is 9.59 Å². The largest absolute Gasteiger partial charge is 0.373 e. The summed E-state index contributed by atoms with van der Waals surface area (Å²) < 4.78 is 0. The smallest absolute Gasteiger partial charge is 0.239 e. The molecule has 4 unspecified atom stereocenters. The van der Waals surface area contributed by atoms with E-state index in [-0.39, 0.29) is 59.0 Å². The van der Waals surface area contributed by atoms with Gasteiger partial charge < -0.3 is 41.5 Å². The third-order valence-corrected chi connectivity index (χ3v) is 9.49. The van der Waals surface area contributed by atoms with Gasteiger partial charge in [-0.1, -0.05) is 6.92 Å². The molecule has 1 saturated carbocycles. The molecule has 0 radical (unpaired) electrons. The Morgan fingerprint density at radius 1 is 1.26 bits per heavy atom. The predicted octanol–water partition coefficient (Wildman–Crippen LogP) is -1.04. The Hall–Kier alpha value is -1.37. The molecule has 10 nitrogen and oxygen atoms in total. The van der Waals surface area contributed by atoms with Gasteiger partial charge in [0.1, 0.15) is 6.23 Å². The summed E-state index contributed by atoms with van der Waals surface area (Å²) >= 11 is 1.56. The first-order valence-corrected chi connectivity index (χ1v) is 13.1. The highest BCUT2D eigenvalue weighted by Gasteiger charge is 2.59. The Labute approximate surface area is 205 Å². The van der Waals surface area contributed by atoms with Crippen LogP contribution in [0.4, 0.5) is 0 Å². The summed E-state index contributed by atoms with van der Waals surface area (Å²) in [7, 11) is 3.47. The van der Waals surface area contributed by atoms with Crippen LogP contribution in [-0.2, 0) is 9.59 Å². The van der Waals surface area contributed by atoms with Crippen LogP contribution < -0.4 is 16.4 Å². The first-order valence-electron chi connectivity index (χ1n) is 12.2. The quantitative estimate of drug-likeness (QED) is 0.242. The Morgan fingerprint density at radius 2 is 1.97 bits per heavy atom. The summed E-state index contributed by atoms with van der Waals surface area (Å²) in [5, 5.41) is 37.8. The fraction of sp³-hybridized carbons (Fsp3) is 0.826. The van der Waals surface area contributed by atoms with Gasteiger partial charge in [0.25, 0.3) is 0 Å². The van der Waals surface area contributed by atoms with Gasteiger partial charge in [0.15, 0.2) is 6.29 Å². The van der Waals surface area contributed by atoms with Crippen LogP contribution in [0, 0.1) is 17.8 Å². The molecule has 2 amide bonds. The van der Waals surface area contributed by atoms with Crippen LogP contribution in [0.15, 0.2) is 10.6 Å². The molecular weight excluding hydrogens is 458 g/mol. The highest BCUT2D eigenvalue weighted by molar-refractivity contribution is 8.03. The van der Waals surface area contributed by atoms with E-state index in [9.17, 15) is 24.9 Å². The van der Waals surface area contributed by atoms with E-state index in [0.29, 0.717) is 25.1 Å². The number of hydrogen-bond donors (Lipinski definition) is 6. The molecule has 0 spiro atoms. The second-order valence-corrected chi connectivity index (χ2v) is 11.9. The minimum absolute atomic E-state index is 0.0182. The molecule has 192 valence electrons. The summed E-state index contributed by atoms with van der Waals surface area (Å²) in [6.07, 6.45) is 0.366. The molecular formula is C23H39N5O5S. The number of nitrogens with zero attached hydrogens (tertiary/aromatic N) is 2. The number of hydrogen-bond acceptors (Lipinski definition) is 9. The Morgan fingerprint density at radius 3 is 2.56 bits per heavy atom. The van der Waals surface area contributed by atoms with Gasteiger partial charge in [0.2, 0.25) is 11.8 Å². The zero-order valence-corrected chi connectivity index (χ0v) is 21.2. The van der Waals surface area contributed by atoms with Crippen LogP contribution in [0.1, 0.15) is 39.5 Å². The number of nitrogens with two attached hydrogens (primary N) is 1. The molecule has 3 fully saturated rings. The lowest BCUT2D eigenvalue weighted by Crippen LogP contribution is -2.68. The van der Waals surface area contributed by atoms with Crippen LogP contribution in [0.25, 0.3) is 0 Å². The molecule has 2 saturated heterocycles. The average Bonchev–Trinajstić information content (AvgIpc) is 3.46. The van der Waals surface area contributed by atoms with Crippen molar-refractivity contribution in [3.05, 3.63) is 10.6 Å². The Balaban J connectivity index is 1.43. The van der Waals surface area contributed by atoms with Gasteiger partial charge in [-0.25, -0.2) is 0 Å². The summed E-state index contributed by atoms with van der Waals surface area (Å²) in [6, 6.07) is -0.578. The maximum atomic E-state index is 12.7. The lowest BCUT2D eigenvalue weighted by Gasteiger charge is -2.55. The van der Waals surface area contributed by atoms with E-state index in [4.69, 9.17) is 5.73 Å². The lowest BCUT2D eigenvalue weighted by molar-refractivity contribution is -0.183. The van der Waals surface area contributed by atoms with Gasteiger partial charge in [-0.2, -0.15) is 0 Å². The molecule has 0 aromatic rings. The van der Waals surface area contributed by atoms with Crippen molar-refractivity contribution in [1.82, 2.24) is 20.4 Å². The van der Waals surface area contributed by atoms with Gasteiger partial charge in [-0.15, -0.1) is 11.8 Å². The van der Waals surface area contributed by atoms with Crippen molar-refractivity contribution in [2.75, 3.05) is 20.6 Å². The number of aliphatic hydroxyl groups excluding tert-OH is 2. The van der Waals surface area contributed by atoms with E-state index in [2.05, 4.69) is 10.6 Å². The number of carbonyl (C=O) groups excluding carboxylic acids is 2. The summed E-state index contributed by atoms with van der Waals surface area (Å²) in [6.45, 7) is 4.58. The number of amides is 2. The number of nitrogens with one attached hydrogen (secondary N) is 2. The third-order valence-electron chi connectivity index (χ3n) is 7.96. The standard InChI is InChI=1S/C23H39N5O5S/c1-10-17-16(11(2)26-20(29)12-5-6-13(24)7-12)22(31)28(17)18(23(32)33)19(10)34-14-8-15(25-9-14)21(30)27(3)4/h10-17,22-23,25,31-33H,5-9,24H2,1-4H3,(H,26,29)/t10-,11-,12+,13?,14?,15?,16-,17-,22?/m1/s1. The van der Waals surface area contributed by atoms with Crippen LogP contribution in [0.5, 0.6) is 0 Å². The highest BCUT2D eigenvalue weighted by Crippen LogP contribution is 2.54. The highest BCUT2D eigenvalue weighted by atomic mass is 32.2. The fourth-order valence-corrected chi connectivity index (χ4v) is 7.68. The van der Waals surface area contributed by atoms with Crippen LogP contribution >= 0.6 is 11.8 Å². The van der Waals surface area contributed by atoms with E-state index in [1.54, 1.807) is 35.7 Å². The van der Waals surface area contributed by atoms with Crippen molar-refractivity contribution in [3.8, 4) is 0 Å².